The minimum Gasteiger partial charge on any atom is -0.444 e. The van der Waals surface area contributed by atoms with E-state index in [0.29, 0.717) is 13.1 Å². The van der Waals surface area contributed by atoms with E-state index in [1.807, 2.05) is 39.3 Å². The molecule has 1 aliphatic heterocycles. The van der Waals surface area contributed by atoms with E-state index in [1.54, 1.807) is 4.90 Å². The molecule has 0 aliphatic carbocycles. The maximum Gasteiger partial charge on any atom is 0.410 e. The first-order valence-corrected chi connectivity index (χ1v) is 9.29. The van der Waals surface area contributed by atoms with Gasteiger partial charge >= 0.3 is 6.09 Å². The Morgan fingerprint density at radius 2 is 1.65 bits per heavy atom. The Labute approximate surface area is 157 Å². The van der Waals surface area contributed by atoms with Crippen molar-refractivity contribution < 1.29 is 9.53 Å². The van der Waals surface area contributed by atoms with Crippen LogP contribution in [0.2, 0.25) is 0 Å². The Morgan fingerprint density at radius 1 is 1.08 bits per heavy atom. The molecule has 0 saturated heterocycles. The summed E-state index contributed by atoms with van der Waals surface area (Å²) in [6.45, 7) is 17.0. The van der Waals surface area contributed by atoms with Crippen molar-refractivity contribution in [2.24, 2.45) is 0 Å². The third-order valence-corrected chi connectivity index (χ3v) is 4.32. The number of para-hydroxylation sites is 1. The number of amides is 1. The van der Waals surface area contributed by atoms with E-state index < -0.39 is 5.60 Å². The van der Waals surface area contributed by atoms with Crippen molar-refractivity contribution in [1.29, 1.82) is 0 Å². The van der Waals surface area contributed by atoms with Gasteiger partial charge in [-0.15, -0.1) is 0 Å². The number of aryl methyl sites for hydroxylation is 2. The van der Waals surface area contributed by atoms with Crippen LogP contribution in [0, 0.1) is 20.8 Å². The third-order valence-electron chi connectivity index (χ3n) is 4.32. The van der Waals surface area contributed by atoms with Crippen LogP contribution < -0.4 is 0 Å². The molecule has 5 nitrogen and oxygen atoms in total. The molecule has 5 heteroatoms. The molecule has 0 saturated carbocycles. The summed E-state index contributed by atoms with van der Waals surface area (Å²) in [4.78, 5) is 14.0. The second-order valence-corrected chi connectivity index (χ2v) is 7.50. The molecule has 0 unspecified atom stereocenters. The van der Waals surface area contributed by atoms with E-state index in [9.17, 15) is 4.79 Å². The average Bonchev–Trinajstić information content (AvgIpc) is 3.08. The standard InChI is InChI=1S/C19H25N3O2.C2H6/c1-12-8-7-9-13(2)17(12)22-14(3)15-10-21(11-16(15)20-22)18(23)24-19(4,5)6;1-2/h7-9H,10-11H2,1-6H3;1-2H3. The summed E-state index contributed by atoms with van der Waals surface area (Å²) in [6.07, 6.45) is -0.279. The molecule has 142 valence electrons. The van der Waals surface area contributed by atoms with Gasteiger partial charge in [-0.3, -0.25) is 4.90 Å². The first-order valence-electron chi connectivity index (χ1n) is 9.29. The number of hydrogen-bond acceptors (Lipinski definition) is 3. The lowest BCUT2D eigenvalue weighted by Gasteiger charge is -2.24. The molecule has 2 aromatic rings. The summed E-state index contributed by atoms with van der Waals surface area (Å²) in [5, 5.41) is 4.78. The van der Waals surface area contributed by atoms with Gasteiger partial charge in [0.05, 0.1) is 24.5 Å². The Hall–Kier alpha value is -2.30. The van der Waals surface area contributed by atoms with Gasteiger partial charge in [-0.25, -0.2) is 9.48 Å². The first-order chi connectivity index (χ1) is 12.2. The molecule has 1 aromatic heterocycles. The van der Waals surface area contributed by atoms with Gasteiger partial charge in [0.2, 0.25) is 0 Å². The molecule has 1 aliphatic rings. The minimum atomic E-state index is -0.482. The largest absolute Gasteiger partial charge is 0.444 e. The summed E-state index contributed by atoms with van der Waals surface area (Å²) >= 11 is 0. The number of nitrogens with zero attached hydrogens (tertiary/aromatic N) is 3. The number of aromatic nitrogens is 2. The lowest BCUT2D eigenvalue weighted by Crippen LogP contribution is -2.33. The van der Waals surface area contributed by atoms with E-state index in [1.165, 1.54) is 11.1 Å². The van der Waals surface area contributed by atoms with Crippen LogP contribution >= 0.6 is 0 Å². The lowest BCUT2D eigenvalue weighted by atomic mass is 10.1. The second kappa shape index (κ2) is 7.52. The molecule has 1 aromatic carbocycles. The fraction of sp³-hybridized carbons (Fsp3) is 0.524. The van der Waals surface area contributed by atoms with Crippen LogP contribution in [0.3, 0.4) is 0 Å². The lowest BCUT2D eigenvalue weighted by molar-refractivity contribution is 0.0239. The second-order valence-electron chi connectivity index (χ2n) is 7.50. The fourth-order valence-corrected chi connectivity index (χ4v) is 3.17. The molecule has 0 radical (unpaired) electrons. The molecule has 2 heterocycles. The number of fused-ring (bicyclic) bond motifs is 1. The van der Waals surface area contributed by atoms with Crippen molar-refractivity contribution in [3.8, 4) is 5.69 Å². The highest BCUT2D eigenvalue weighted by Crippen LogP contribution is 2.30. The van der Waals surface area contributed by atoms with E-state index in [0.717, 1.165) is 22.6 Å². The summed E-state index contributed by atoms with van der Waals surface area (Å²) in [7, 11) is 0. The number of ether oxygens (including phenoxy) is 1. The normalized spacial score (nSPS) is 13.2. The van der Waals surface area contributed by atoms with Crippen molar-refractivity contribution in [2.45, 2.75) is 74.1 Å². The van der Waals surface area contributed by atoms with Crippen LogP contribution in [-0.2, 0) is 17.8 Å². The fourth-order valence-electron chi connectivity index (χ4n) is 3.17. The first kappa shape index (κ1) is 20.0. The topological polar surface area (TPSA) is 47.4 Å². The summed E-state index contributed by atoms with van der Waals surface area (Å²) < 4.78 is 7.48. The summed E-state index contributed by atoms with van der Waals surface area (Å²) in [5.41, 5.74) is 6.22. The molecule has 0 fully saturated rings. The number of carbonyl (C=O) groups is 1. The molecule has 0 bridgehead atoms. The number of carbonyl (C=O) groups excluding carboxylic acids is 1. The third kappa shape index (κ3) is 3.92. The number of hydrogen-bond donors (Lipinski definition) is 0. The van der Waals surface area contributed by atoms with Gasteiger partial charge in [0.15, 0.2) is 0 Å². The predicted molar refractivity (Wildman–Crippen MR) is 105 cm³/mol. The maximum atomic E-state index is 12.3. The Morgan fingerprint density at radius 3 is 2.15 bits per heavy atom. The van der Waals surface area contributed by atoms with E-state index in [2.05, 4.69) is 39.0 Å². The highest BCUT2D eigenvalue weighted by Gasteiger charge is 2.32. The Balaban J connectivity index is 0.00000117. The highest BCUT2D eigenvalue weighted by molar-refractivity contribution is 5.69. The molecule has 3 rings (SSSR count). The van der Waals surface area contributed by atoms with Crippen molar-refractivity contribution in [3.63, 3.8) is 0 Å². The average molecular weight is 357 g/mol. The van der Waals surface area contributed by atoms with Gasteiger partial charge < -0.3 is 4.74 Å². The zero-order valence-corrected chi connectivity index (χ0v) is 17.3. The number of rotatable bonds is 1. The summed E-state index contributed by atoms with van der Waals surface area (Å²) in [5.74, 6) is 0. The van der Waals surface area contributed by atoms with Crippen molar-refractivity contribution in [3.05, 3.63) is 46.3 Å². The van der Waals surface area contributed by atoms with Crippen LogP contribution in [0.5, 0.6) is 0 Å². The van der Waals surface area contributed by atoms with E-state index >= 15 is 0 Å². The van der Waals surface area contributed by atoms with Gasteiger partial charge in [-0.05, 0) is 52.7 Å². The monoisotopic (exact) mass is 357 g/mol. The molecule has 26 heavy (non-hydrogen) atoms. The molecular formula is C21H31N3O2. The quantitative estimate of drug-likeness (QED) is 0.715. The van der Waals surface area contributed by atoms with E-state index in [4.69, 9.17) is 9.84 Å². The molecule has 0 spiro atoms. The van der Waals surface area contributed by atoms with Gasteiger partial charge in [-0.2, -0.15) is 5.10 Å². The maximum absolute atomic E-state index is 12.3. The molecule has 1 amide bonds. The Bertz CT molecular complexity index is 780. The van der Waals surface area contributed by atoms with E-state index in [-0.39, 0.29) is 6.09 Å². The zero-order valence-electron chi connectivity index (χ0n) is 17.3. The number of benzene rings is 1. The highest BCUT2D eigenvalue weighted by atomic mass is 16.6. The van der Waals surface area contributed by atoms with Gasteiger partial charge in [0.1, 0.15) is 5.60 Å². The Kier molecular flexibility index (Phi) is 5.79. The smallest absolute Gasteiger partial charge is 0.410 e. The molecule has 0 N–H and O–H groups in total. The minimum absolute atomic E-state index is 0.279. The van der Waals surface area contributed by atoms with Gasteiger partial charge in [0.25, 0.3) is 0 Å². The van der Waals surface area contributed by atoms with Crippen molar-refractivity contribution in [2.75, 3.05) is 0 Å². The van der Waals surface area contributed by atoms with Crippen LogP contribution in [0.4, 0.5) is 4.79 Å². The predicted octanol–water partition coefficient (Wildman–Crippen LogP) is 5.07. The molecule has 0 atom stereocenters. The SMILES string of the molecule is CC.Cc1cccc(C)c1-n1nc2c(c1C)CN(C(=O)OC(C)(C)C)C2. The molecular weight excluding hydrogens is 326 g/mol. The zero-order chi connectivity index (χ0) is 19.6. The van der Waals surface area contributed by atoms with Gasteiger partial charge in [-0.1, -0.05) is 32.0 Å². The van der Waals surface area contributed by atoms with Gasteiger partial charge in [0, 0.05) is 11.3 Å². The van der Waals surface area contributed by atoms with Crippen LogP contribution in [0.25, 0.3) is 5.69 Å². The van der Waals surface area contributed by atoms with Crippen LogP contribution in [0.1, 0.15) is 62.7 Å². The van der Waals surface area contributed by atoms with Crippen LogP contribution in [-0.4, -0.2) is 26.4 Å². The summed E-state index contributed by atoms with van der Waals surface area (Å²) in [6, 6.07) is 6.26. The van der Waals surface area contributed by atoms with Crippen molar-refractivity contribution >= 4 is 6.09 Å². The van der Waals surface area contributed by atoms with Crippen molar-refractivity contribution in [1.82, 2.24) is 14.7 Å². The van der Waals surface area contributed by atoms with Crippen LogP contribution in [0.15, 0.2) is 18.2 Å².